The Morgan fingerprint density at radius 2 is 1.81 bits per heavy atom. The number of nitrogens with one attached hydrogen (secondary N) is 1. The minimum atomic E-state index is -0.333. The molecule has 162 valence electrons. The summed E-state index contributed by atoms with van der Waals surface area (Å²) in [5, 5.41) is 11.0. The number of rotatable bonds is 8. The molecular formula is C22H23FN4O3S. The molecule has 0 spiro atoms. The molecule has 1 aliphatic heterocycles. The summed E-state index contributed by atoms with van der Waals surface area (Å²) in [6, 6.07) is 13.6. The van der Waals surface area contributed by atoms with Gasteiger partial charge in [-0.25, -0.2) is 4.39 Å². The minimum Gasteiger partial charge on any atom is -0.484 e. The Bertz CT molecular complexity index is 989. The van der Waals surface area contributed by atoms with E-state index in [9.17, 15) is 9.18 Å². The first-order valence-corrected chi connectivity index (χ1v) is 11.1. The minimum absolute atomic E-state index is 0.0642. The topological polar surface area (TPSA) is 80.5 Å². The van der Waals surface area contributed by atoms with E-state index < -0.39 is 0 Å². The van der Waals surface area contributed by atoms with Crippen molar-refractivity contribution in [2.45, 2.75) is 31.1 Å². The van der Waals surface area contributed by atoms with E-state index in [0.717, 1.165) is 30.5 Å². The molecule has 0 radical (unpaired) electrons. The number of piperidine rings is 1. The molecule has 4 rings (SSSR count). The van der Waals surface area contributed by atoms with Crippen LogP contribution in [0, 0.1) is 5.82 Å². The molecule has 1 fully saturated rings. The first kappa shape index (κ1) is 21.2. The second-order valence-electron chi connectivity index (χ2n) is 7.14. The molecule has 1 aromatic heterocycles. The lowest BCUT2D eigenvalue weighted by molar-refractivity contribution is -0.113. The van der Waals surface area contributed by atoms with Crippen LogP contribution in [-0.2, 0) is 11.4 Å². The maximum atomic E-state index is 12.9. The van der Waals surface area contributed by atoms with E-state index in [1.54, 1.807) is 0 Å². The van der Waals surface area contributed by atoms with E-state index in [1.165, 1.54) is 49.2 Å². The third-order valence-corrected chi connectivity index (χ3v) is 5.64. The van der Waals surface area contributed by atoms with Gasteiger partial charge in [0.1, 0.15) is 11.6 Å². The molecule has 0 aliphatic carbocycles. The van der Waals surface area contributed by atoms with Crippen molar-refractivity contribution in [3.63, 3.8) is 0 Å². The zero-order chi connectivity index (χ0) is 21.5. The molecule has 0 bridgehead atoms. The number of amides is 1. The number of anilines is 2. The highest BCUT2D eigenvalue weighted by Crippen LogP contribution is 2.22. The Balaban J connectivity index is 1.21. The number of benzene rings is 2. The van der Waals surface area contributed by atoms with Gasteiger partial charge < -0.3 is 19.4 Å². The summed E-state index contributed by atoms with van der Waals surface area (Å²) in [4.78, 5) is 14.6. The number of ether oxygens (including phenoxy) is 1. The van der Waals surface area contributed by atoms with Crippen LogP contribution in [0.5, 0.6) is 5.75 Å². The molecule has 2 heterocycles. The van der Waals surface area contributed by atoms with Crippen molar-refractivity contribution in [1.29, 1.82) is 0 Å². The third kappa shape index (κ3) is 6.21. The second-order valence-corrected chi connectivity index (χ2v) is 8.06. The predicted molar refractivity (Wildman–Crippen MR) is 117 cm³/mol. The number of nitrogens with zero attached hydrogens (tertiary/aromatic N) is 3. The molecule has 0 atom stereocenters. The Kier molecular flexibility index (Phi) is 7.03. The normalized spacial score (nSPS) is 13.8. The van der Waals surface area contributed by atoms with Gasteiger partial charge in [0.05, 0.1) is 5.75 Å². The average molecular weight is 443 g/mol. The summed E-state index contributed by atoms with van der Waals surface area (Å²) in [5.41, 5.74) is 1.94. The highest BCUT2D eigenvalue weighted by molar-refractivity contribution is 7.99. The van der Waals surface area contributed by atoms with Gasteiger partial charge in [0.15, 0.2) is 6.61 Å². The molecule has 2 aromatic carbocycles. The molecule has 3 aromatic rings. The van der Waals surface area contributed by atoms with Gasteiger partial charge in [-0.2, -0.15) is 0 Å². The smallest absolute Gasteiger partial charge is 0.277 e. The van der Waals surface area contributed by atoms with Crippen LogP contribution in [0.4, 0.5) is 15.8 Å². The van der Waals surface area contributed by atoms with Crippen LogP contribution in [0.2, 0.25) is 0 Å². The van der Waals surface area contributed by atoms with Gasteiger partial charge in [0, 0.05) is 24.5 Å². The van der Waals surface area contributed by atoms with E-state index in [4.69, 9.17) is 9.15 Å². The summed E-state index contributed by atoms with van der Waals surface area (Å²) >= 11 is 1.15. The van der Waals surface area contributed by atoms with E-state index in [0.29, 0.717) is 5.75 Å². The van der Waals surface area contributed by atoms with E-state index in [-0.39, 0.29) is 35.2 Å². The number of halogens is 1. The van der Waals surface area contributed by atoms with Gasteiger partial charge in [-0.1, -0.05) is 11.8 Å². The fraction of sp³-hybridized carbons (Fsp3) is 0.318. The first-order valence-electron chi connectivity index (χ1n) is 10.1. The van der Waals surface area contributed by atoms with E-state index in [2.05, 4.69) is 20.4 Å². The lowest BCUT2D eigenvalue weighted by atomic mass is 10.1. The van der Waals surface area contributed by atoms with Crippen molar-refractivity contribution in [3.8, 4) is 5.75 Å². The largest absolute Gasteiger partial charge is 0.484 e. The van der Waals surface area contributed by atoms with Crippen molar-refractivity contribution in [1.82, 2.24) is 10.2 Å². The molecule has 7 nitrogen and oxygen atoms in total. The number of carbonyl (C=O) groups is 1. The summed E-state index contributed by atoms with van der Waals surface area (Å²) in [5.74, 6) is 0.437. The molecule has 0 unspecified atom stereocenters. The zero-order valence-corrected chi connectivity index (χ0v) is 17.7. The van der Waals surface area contributed by atoms with E-state index >= 15 is 0 Å². The maximum Gasteiger partial charge on any atom is 0.277 e. The van der Waals surface area contributed by atoms with Gasteiger partial charge in [-0.3, -0.25) is 4.79 Å². The lowest BCUT2D eigenvalue weighted by Crippen LogP contribution is -2.29. The van der Waals surface area contributed by atoms with Crippen molar-refractivity contribution in [2.24, 2.45) is 0 Å². The Morgan fingerprint density at radius 3 is 2.55 bits per heavy atom. The molecule has 1 saturated heterocycles. The summed E-state index contributed by atoms with van der Waals surface area (Å²) in [6.45, 7) is 2.24. The molecule has 1 N–H and O–H groups in total. The van der Waals surface area contributed by atoms with Crippen molar-refractivity contribution in [3.05, 3.63) is 60.2 Å². The monoisotopic (exact) mass is 442 g/mol. The predicted octanol–water partition coefficient (Wildman–Crippen LogP) is 4.51. The number of hydrogen-bond donors (Lipinski definition) is 1. The molecule has 0 saturated carbocycles. The van der Waals surface area contributed by atoms with Crippen LogP contribution in [0.15, 0.2) is 58.2 Å². The van der Waals surface area contributed by atoms with Crippen molar-refractivity contribution >= 4 is 29.0 Å². The van der Waals surface area contributed by atoms with Crippen LogP contribution in [0.25, 0.3) is 0 Å². The quantitative estimate of drug-likeness (QED) is 0.514. The first-order chi connectivity index (χ1) is 15.2. The zero-order valence-electron chi connectivity index (χ0n) is 16.9. The Morgan fingerprint density at radius 1 is 1.06 bits per heavy atom. The number of thioether (sulfide) groups is 1. The second kappa shape index (κ2) is 10.3. The van der Waals surface area contributed by atoms with Gasteiger partial charge >= 0.3 is 0 Å². The fourth-order valence-electron chi connectivity index (χ4n) is 3.26. The molecule has 9 heteroatoms. The highest BCUT2D eigenvalue weighted by Gasteiger charge is 2.12. The van der Waals surface area contributed by atoms with Gasteiger partial charge in [0.25, 0.3) is 11.1 Å². The van der Waals surface area contributed by atoms with Crippen LogP contribution < -0.4 is 15.0 Å². The lowest BCUT2D eigenvalue weighted by Gasteiger charge is -2.28. The van der Waals surface area contributed by atoms with Crippen LogP contribution in [0.1, 0.15) is 25.2 Å². The van der Waals surface area contributed by atoms with Crippen molar-refractivity contribution in [2.75, 3.05) is 29.1 Å². The number of carbonyl (C=O) groups excluding carboxylic acids is 1. The SMILES string of the molecule is O=C(CSc1nnc(COc2ccc(F)cc2)o1)Nc1ccc(N2CCCCC2)cc1. The van der Waals surface area contributed by atoms with Crippen LogP contribution >= 0.6 is 11.8 Å². The summed E-state index contributed by atoms with van der Waals surface area (Å²) in [6.07, 6.45) is 3.75. The van der Waals surface area contributed by atoms with Crippen molar-refractivity contribution < 1.29 is 18.3 Å². The molecule has 1 aliphatic rings. The van der Waals surface area contributed by atoms with Crippen LogP contribution in [-0.4, -0.2) is 34.9 Å². The Hall–Kier alpha value is -3.07. The number of hydrogen-bond acceptors (Lipinski definition) is 7. The standard InChI is InChI=1S/C22H23FN4O3S/c23-16-4-10-19(11-5-16)29-14-21-25-26-22(30-21)31-15-20(28)24-17-6-8-18(9-7-17)27-12-2-1-3-13-27/h4-11H,1-3,12-15H2,(H,24,28). The maximum absolute atomic E-state index is 12.9. The number of aromatic nitrogens is 2. The Labute approximate surface area is 184 Å². The molecule has 1 amide bonds. The fourth-order valence-corrected chi connectivity index (χ4v) is 3.84. The molecular weight excluding hydrogens is 419 g/mol. The van der Waals surface area contributed by atoms with Crippen LogP contribution in [0.3, 0.4) is 0 Å². The third-order valence-electron chi connectivity index (χ3n) is 4.82. The van der Waals surface area contributed by atoms with E-state index in [1.807, 2.05) is 24.3 Å². The van der Waals surface area contributed by atoms with Gasteiger partial charge in [0.2, 0.25) is 5.91 Å². The average Bonchev–Trinajstić information content (AvgIpc) is 3.26. The molecule has 31 heavy (non-hydrogen) atoms. The highest BCUT2D eigenvalue weighted by atomic mass is 32.2. The summed E-state index contributed by atoms with van der Waals surface area (Å²) < 4.78 is 23.8. The summed E-state index contributed by atoms with van der Waals surface area (Å²) in [7, 11) is 0. The van der Waals surface area contributed by atoms with Gasteiger partial charge in [-0.05, 0) is 67.8 Å². The van der Waals surface area contributed by atoms with Gasteiger partial charge in [-0.15, -0.1) is 10.2 Å².